The van der Waals surface area contributed by atoms with Crippen LogP contribution in [0.25, 0.3) is 10.9 Å². The molecular formula is C28H35N5O4. The molecule has 1 fully saturated rings. The van der Waals surface area contributed by atoms with Crippen molar-refractivity contribution in [3.63, 3.8) is 0 Å². The average Bonchev–Trinajstić information content (AvgIpc) is 3.30. The summed E-state index contributed by atoms with van der Waals surface area (Å²) in [6, 6.07) is 12.4. The summed E-state index contributed by atoms with van der Waals surface area (Å²) < 4.78 is 9.36. The number of likely N-dealkylation sites (tertiary alicyclic amines) is 1. The van der Waals surface area contributed by atoms with Crippen molar-refractivity contribution in [1.82, 2.24) is 24.7 Å². The Bertz CT molecular complexity index is 1360. The highest BCUT2D eigenvalue weighted by atomic mass is 16.5. The molecule has 4 heterocycles. The third-order valence-corrected chi connectivity index (χ3v) is 7.64. The van der Waals surface area contributed by atoms with E-state index in [4.69, 9.17) is 4.74 Å². The second kappa shape index (κ2) is 10.3. The number of fused-ring (bicyclic) bond motifs is 5. The van der Waals surface area contributed by atoms with Gasteiger partial charge in [0.2, 0.25) is 5.91 Å². The van der Waals surface area contributed by atoms with Crippen molar-refractivity contribution in [3.05, 3.63) is 64.7 Å². The van der Waals surface area contributed by atoms with Crippen molar-refractivity contribution in [2.45, 2.75) is 45.3 Å². The molecule has 2 bridgehead atoms. The molecule has 3 aromatic rings. The maximum Gasteiger partial charge on any atom is 0.318 e. The third kappa shape index (κ3) is 4.95. The van der Waals surface area contributed by atoms with Crippen LogP contribution < -0.4 is 20.9 Å². The molecule has 2 aromatic heterocycles. The molecule has 0 spiro atoms. The smallest absolute Gasteiger partial charge is 0.318 e. The number of aromatic nitrogens is 2. The lowest BCUT2D eigenvalue weighted by atomic mass is 9.83. The molecule has 0 unspecified atom stereocenters. The standard InChI is InChI=1S/C28H35N5O4/c1-18(2)26(27(35)29-11-13-31-12-10-21-23(31)7-4-8-24(21)37-3)30-28(36)32-15-19-14-20(17-32)22-6-5-9-25(34)33(22)16-19/h4-10,12,18-20,26H,11,13-17H2,1-3H3,(H,29,35)(H,30,36)/t19-,20+,26-/m0/s1. The zero-order valence-corrected chi connectivity index (χ0v) is 21.6. The maximum atomic E-state index is 13.2. The fourth-order valence-electron chi connectivity index (χ4n) is 5.80. The van der Waals surface area contributed by atoms with Crippen LogP contribution in [-0.2, 0) is 17.9 Å². The van der Waals surface area contributed by atoms with E-state index in [0.29, 0.717) is 32.7 Å². The zero-order valence-electron chi connectivity index (χ0n) is 21.6. The summed E-state index contributed by atoms with van der Waals surface area (Å²) >= 11 is 0. The van der Waals surface area contributed by atoms with E-state index in [9.17, 15) is 14.4 Å². The third-order valence-electron chi connectivity index (χ3n) is 7.64. The SMILES string of the molecule is COc1cccc2c1ccn2CCNC(=O)[C@@H](NC(=O)N1C[C@@H]2C[C@H](C1)c1cccc(=O)n1C2)C(C)C. The second-order valence-electron chi connectivity index (χ2n) is 10.5. The van der Waals surface area contributed by atoms with Gasteiger partial charge >= 0.3 is 6.03 Å². The number of piperidine rings is 1. The van der Waals surface area contributed by atoms with Gasteiger partial charge < -0.3 is 29.4 Å². The summed E-state index contributed by atoms with van der Waals surface area (Å²) in [5, 5.41) is 7.01. The number of ether oxygens (including phenoxy) is 1. The van der Waals surface area contributed by atoms with E-state index in [1.807, 2.05) is 59.8 Å². The largest absolute Gasteiger partial charge is 0.496 e. The number of methoxy groups -OCH3 is 1. The van der Waals surface area contributed by atoms with Crippen molar-refractivity contribution in [3.8, 4) is 5.75 Å². The highest BCUT2D eigenvalue weighted by Crippen LogP contribution is 2.35. The molecule has 37 heavy (non-hydrogen) atoms. The van der Waals surface area contributed by atoms with E-state index < -0.39 is 6.04 Å². The quantitative estimate of drug-likeness (QED) is 0.516. The predicted octanol–water partition coefficient (Wildman–Crippen LogP) is 2.78. The summed E-state index contributed by atoms with van der Waals surface area (Å²) in [4.78, 5) is 40.4. The number of nitrogens with one attached hydrogen (secondary N) is 2. The highest BCUT2D eigenvalue weighted by Gasteiger charge is 2.37. The van der Waals surface area contributed by atoms with Gasteiger partial charge in [-0.3, -0.25) is 9.59 Å². The Morgan fingerprint density at radius 3 is 2.68 bits per heavy atom. The van der Waals surface area contributed by atoms with Crippen LogP contribution in [0.4, 0.5) is 4.79 Å². The number of benzene rings is 1. The minimum Gasteiger partial charge on any atom is -0.496 e. The average molecular weight is 506 g/mol. The van der Waals surface area contributed by atoms with Crippen molar-refractivity contribution in [2.75, 3.05) is 26.7 Å². The fourth-order valence-corrected chi connectivity index (χ4v) is 5.80. The first-order chi connectivity index (χ1) is 17.9. The predicted molar refractivity (Wildman–Crippen MR) is 142 cm³/mol. The van der Waals surface area contributed by atoms with Crippen molar-refractivity contribution in [1.29, 1.82) is 0 Å². The number of rotatable bonds is 7. The molecule has 2 aliphatic heterocycles. The lowest BCUT2D eigenvalue weighted by Crippen LogP contribution is -2.57. The van der Waals surface area contributed by atoms with Gasteiger partial charge in [0.15, 0.2) is 0 Å². The van der Waals surface area contributed by atoms with Gasteiger partial charge in [-0.2, -0.15) is 0 Å². The van der Waals surface area contributed by atoms with Gasteiger partial charge in [0.25, 0.3) is 5.56 Å². The molecule has 0 aliphatic carbocycles. The van der Waals surface area contributed by atoms with Gasteiger partial charge in [-0.15, -0.1) is 0 Å². The van der Waals surface area contributed by atoms with Gasteiger partial charge in [-0.1, -0.05) is 26.0 Å². The Kier molecular flexibility index (Phi) is 6.95. The minimum absolute atomic E-state index is 0.0219. The number of pyridine rings is 1. The van der Waals surface area contributed by atoms with Crippen molar-refractivity contribution >= 4 is 22.8 Å². The molecule has 1 aromatic carbocycles. The Labute approximate surface area is 216 Å². The molecule has 0 saturated carbocycles. The first-order valence-corrected chi connectivity index (χ1v) is 13.0. The minimum atomic E-state index is -0.634. The van der Waals surface area contributed by atoms with Crippen LogP contribution in [0.3, 0.4) is 0 Å². The molecule has 3 atom stereocenters. The molecule has 2 aliphatic rings. The topological polar surface area (TPSA) is 97.6 Å². The first-order valence-electron chi connectivity index (χ1n) is 13.0. The van der Waals surface area contributed by atoms with E-state index in [0.717, 1.165) is 28.8 Å². The second-order valence-corrected chi connectivity index (χ2v) is 10.5. The van der Waals surface area contributed by atoms with Crippen LogP contribution in [0.1, 0.15) is 31.9 Å². The maximum absolute atomic E-state index is 13.2. The Morgan fingerprint density at radius 2 is 1.89 bits per heavy atom. The monoisotopic (exact) mass is 505 g/mol. The summed E-state index contributed by atoms with van der Waals surface area (Å²) in [6.07, 6.45) is 2.96. The van der Waals surface area contributed by atoms with E-state index in [1.165, 1.54) is 0 Å². The molecular weight excluding hydrogens is 470 g/mol. The molecule has 2 N–H and O–H groups in total. The molecule has 9 nitrogen and oxygen atoms in total. The lowest BCUT2D eigenvalue weighted by Gasteiger charge is -2.43. The molecule has 0 radical (unpaired) electrons. The molecule has 3 amide bonds. The highest BCUT2D eigenvalue weighted by molar-refractivity contribution is 5.88. The van der Waals surface area contributed by atoms with E-state index in [2.05, 4.69) is 15.2 Å². The molecule has 196 valence electrons. The number of carbonyl (C=O) groups excluding carboxylic acids is 2. The van der Waals surface area contributed by atoms with Gasteiger partial charge in [0.05, 0.1) is 12.6 Å². The number of amides is 3. The zero-order chi connectivity index (χ0) is 26.1. The summed E-state index contributed by atoms with van der Waals surface area (Å²) in [6.45, 7) is 6.67. The van der Waals surface area contributed by atoms with Crippen LogP contribution in [-0.4, -0.2) is 58.8 Å². The summed E-state index contributed by atoms with van der Waals surface area (Å²) in [5.74, 6) is 0.933. The number of urea groups is 1. The molecule has 9 heteroatoms. The number of nitrogens with zero attached hydrogens (tertiary/aromatic N) is 3. The molecule has 5 rings (SSSR count). The normalized spacial score (nSPS) is 19.4. The summed E-state index contributed by atoms with van der Waals surface area (Å²) in [7, 11) is 1.66. The van der Waals surface area contributed by atoms with Crippen LogP contribution in [0.15, 0.2) is 53.5 Å². The first kappa shape index (κ1) is 24.9. The summed E-state index contributed by atoms with van der Waals surface area (Å²) in [5.41, 5.74) is 2.06. The Morgan fingerprint density at radius 1 is 1.08 bits per heavy atom. The van der Waals surface area contributed by atoms with E-state index in [-0.39, 0.29) is 35.3 Å². The van der Waals surface area contributed by atoms with Crippen LogP contribution in [0.5, 0.6) is 5.75 Å². The van der Waals surface area contributed by atoms with Crippen LogP contribution >= 0.6 is 0 Å². The molecule has 1 saturated heterocycles. The van der Waals surface area contributed by atoms with Gasteiger partial charge in [0, 0.05) is 62.0 Å². The van der Waals surface area contributed by atoms with Gasteiger partial charge in [0.1, 0.15) is 11.8 Å². The fraction of sp³-hybridized carbons (Fsp3) is 0.464. The van der Waals surface area contributed by atoms with E-state index >= 15 is 0 Å². The van der Waals surface area contributed by atoms with Crippen LogP contribution in [0, 0.1) is 11.8 Å². The number of carbonyl (C=O) groups is 2. The van der Waals surface area contributed by atoms with Crippen LogP contribution in [0.2, 0.25) is 0 Å². The van der Waals surface area contributed by atoms with Gasteiger partial charge in [-0.25, -0.2) is 4.79 Å². The van der Waals surface area contributed by atoms with Gasteiger partial charge in [-0.05, 0) is 42.5 Å². The number of hydrogen-bond acceptors (Lipinski definition) is 4. The number of hydrogen-bond donors (Lipinski definition) is 2. The lowest BCUT2D eigenvalue weighted by molar-refractivity contribution is -0.124. The Balaban J connectivity index is 1.19. The Hall–Kier alpha value is -3.75. The van der Waals surface area contributed by atoms with E-state index in [1.54, 1.807) is 19.2 Å². The van der Waals surface area contributed by atoms with Crippen molar-refractivity contribution in [2.24, 2.45) is 11.8 Å². The van der Waals surface area contributed by atoms with Crippen molar-refractivity contribution < 1.29 is 14.3 Å².